The maximum absolute atomic E-state index is 12.5. The highest BCUT2D eigenvalue weighted by Crippen LogP contribution is 2.15. The van der Waals surface area contributed by atoms with E-state index >= 15 is 0 Å². The maximum Gasteiger partial charge on any atom is 0.249 e. The van der Waals surface area contributed by atoms with Gasteiger partial charge in [-0.15, -0.1) is 0 Å². The van der Waals surface area contributed by atoms with E-state index in [4.69, 9.17) is 0 Å². The van der Waals surface area contributed by atoms with Crippen molar-refractivity contribution in [1.82, 2.24) is 5.32 Å². The van der Waals surface area contributed by atoms with Crippen molar-refractivity contribution < 1.29 is 25.2 Å². The molecule has 0 spiro atoms. The van der Waals surface area contributed by atoms with Gasteiger partial charge in [-0.05, 0) is 89.9 Å². The van der Waals surface area contributed by atoms with Crippen molar-refractivity contribution in [2.45, 2.75) is 263 Å². The molecule has 59 heavy (non-hydrogen) atoms. The predicted molar refractivity (Wildman–Crippen MR) is 256 cm³/mol. The topological polar surface area (TPSA) is 110 Å². The minimum absolute atomic E-state index is 0.338. The number of aliphatic hydroxyl groups excluding tert-OH is 4. The second-order valence-electron chi connectivity index (χ2n) is 17.2. The highest BCUT2D eigenvalue weighted by molar-refractivity contribution is 5.80. The number of hydrogen-bond donors (Lipinski definition) is 5. The first-order chi connectivity index (χ1) is 29.0. The van der Waals surface area contributed by atoms with E-state index in [2.05, 4.69) is 79.9 Å². The fraction of sp³-hybridized carbons (Fsp3) is 0.792. The molecule has 0 aliphatic rings. The second-order valence-corrected chi connectivity index (χ2v) is 17.2. The molecule has 0 aromatic heterocycles. The molecule has 0 aromatic rings. The standard InChI is InChI=1S/C53H97NO5/c1-3-5-7-9-11-13-15-17-19-20-21-22-23-24-25-26-27-28-29-30-31-32-33-35-36-38-40-42-44-46-50(56)52(58)49(48-55)54-53(59)51(57)47-45-43-41-39-37-34-18-16-14-12-10-8-6-4-2/h12,14,16,18,28-29,32-33,38,40,49-52,55-58H,3-11,13,15,17,19-27,30-31,34-37,39,41-48H2,1-2H3,(H,54,59)/b14-12-,18-16-,29-28+,33-32+,40-38+. The zero-order valence-electron chi connectivity index (χ0n) is 38.7. The van der Waals surface area contributed by atoms with Gasteiger partial charge in [0.2, 0.25) is 5.91 Å². The largest absolute Gasteiger partial charge is 0.394 e. The van der Waals surface area contributed by atoms with Gasteiger partial charge in [0.05, 0.1) is 18.8 Å². The lowest BCUT2D eigenvalue weighted by atomic mass is 10.00. The van der Waals surface area contributed by atoms with Gasteiger partial charge in [0, 0.05) is 0 Å². The fourth-order valence-electron chi connectivity index (χ4n) is 7.43. The molecule has 6 nitrogen and oxygen atoms in total. The molecule has 0 rings (SSSR count). The van der Waals surface area contributed by atoms with Crippen molar-refractivity contribution in [3.63, 3.8) is 0 Å². The first-order valence-electron chi connectivity index (χ1n) is 25.2. The Labute approximate surface area is 365 Å². The number of carbonyl (C=O) groups excluding carboxylic acids is 1. The zero-order chi connectivity index (χ0) is 43.1. The molecule has 1 amide bonds. The summed E-state index contributed by atoms with van der Waals surface area (Å²) in [5.41, 5.74) is 0. The van der Waals surface area contributed by atoms with E-state index in [1.54, 1.807) is 0 Å². The Bertz CT molecular complexity index is 1020. The van der Waals surface area contributed by atoms with E-state index in [1.165, 1.54) is 128 Å². The highest BCUT2D eigenvalue weighted by Gasteiger charge is 2.28. The quantitative estimate of drug-likeness (QED) is 0.0239. The molecule has 4 atom stereocenters. The fourth-order valence-corrected chi connectivity index (χ4v) is 7.43. The van der Waals surface area contributed by atoms with Crippen LogP contribution in [0.1, 0.15) is 239 Å². The van der Waals surface area contributed by atoms with Crippen LogP contribution in [0.2, 0.25) is 0 Å². The molecule has 0 bridgehead atoms. The number of aliphatic hydroxyl groups is 4. The third-order valence-electron chi connectivity index (χ3n) is 11.4. The summed E-state index contributed by atoms with van der Waals surface area (Å²) in [5, 5.41) is 43.7. The summed E-state index contributed by atoms with van der Waals surface area (Å²) < 4.78 is 0. The SMILES string of the molecule is CCCCC/C=C\C=C/CCCCCCCC(O)C(=O)NC(CO)C(O)C(O)CCC/C=C/CC/C=C/CC/C=C/CCCCCCCCCCCCCCCCCC. The summed E-state index contributed by atoms with van der Waals surface area (Å²) in [6, 6.07) is -1.02. The van der Waals surface area contributed by atoms with Gasteiger partial charge in [0.1, 0.15) is 12.2 Å². The van der Waals surface area contributed by atoms with Crippen molar-refractivity contribution in [2.75, 3.05) is 6.61 Å². The van der Waals surface area contributed by atoms with Gasteiger partial charge in [-0.3, -0.25) is 4.79 Å². The summed E-state index contributed by atoms with van der Waals surface area (Å²) in [5.74, 6) is -0.614. The monoisotopic (exact) mass is 828 g/mol. The van der Waals surface area contributed by atoms with Crippen LogP contribution in [0.15, 0.2) is 60.8 Å². The van der Waals surface area contributed by atoms with E-state index in [1.807, 2.05) is 0 Å². The summed E-state index contributed by atoms with van der Waals surface area (Å²) in [6.07, 6.45) is 59.9. The number of allylic oxidation sites excluding steroid dienone is 10. The third kappa shape index (κ3) is 41.2. The average molecular weight is 828 g/mol. The summed E-state index contributed by atoms with van der Waals surface area (Å²) in [4.78, 5) is 12.5. The maximum atomic E-state index is 12.5. The van der Waals surface area contributed by atoms with Crippen LogP contribution < -0.4 is 5.32 Å². The molecule has 0 radical (unpaired) electrons. The summed E-state index contributed by atoms with van der Waals surface area (Å²) in [7, 11) is 0. The molecule has 5 N–H and O–H groups in total. The second kappa shape index (κ2) is 47.1. The molecular weight excluding hydrogens is 731 g/mol. The lowest BCUT2D eigenvalue weighted by Gasteiger charge is -2.27. The number of hydrogen-bond acceptors (Lipinski definition) is 5. The Morgan fingerprint density at radius 1 is 0.424 bits per heavy atom. The Balaban J connectivity index is 3.75. The van der Waals surface area contributed by atoms with Crippen molar-refractivity contribution in [3.8, 4) is 0 Å². The van der Waals surface area contributed by atoms with Crippen molar-refractivity contribution in [3.05, 3.63) is 60.8 Å². The van der Waals surface area contributed by atoms with Crippen LogP contribution in [-0.2, 0) is 4.79 Å². The van der Waals surface area contributed by atoms with Crippen LogP contribution in [-0.4, -0.2) is 57.3 Å². The third-order valence-corrected chi connectivity index (χ3v) is 11.4. The molecule has 344 valence electrons. The van der Waals surface area contributed by atoms with Gasteiger partial charge in [0.25, 0.3) is 0 Å². The van der Waals surface area contributed by atoms with Gasteiger partial charge in [-0.1, -0.05) is 209 Å². The molecular formula is C53H97NO5. The molecule has 0 aromatic carbocycles. The normalized spacial score (nSPS) is 14.5. The van der Waals surface area contributed by atoms with E-state index < -0.39 is 36.9 Å². The number of rotatable bonds is 45. The van der Waals surface area contributed by atoms with Gasteiger partial charge in [0.15, 0.2) is 0 Å². The minimum Gasteiger partial charge on any atom is -0.394 e. The van der Waals surface area contributed by atoms with Gasteiger partial charge in [-0.2, -0.15) is 0 Å². The van der Waals surface area contributed by atoms with Crippen LogP contribution in [0, 0.1) is 0 Å². The summed E-state index contributed by atoms with van der Waals surface area (Å²) in [6.45, 7) is 4.00. The molecule has 0 fully saturated rings. The van der Waals surface area contributed by atoms with Crippen molar-refractivity contribution in [1.29, 1.82) is 0 Å². The van der Waals surface area contributed by atoms with Gasteiger partial charge >= 0.3 is 0 Å². The van der Waals surface area contributed by atoms with Crippen molar-refractivity contribution >= 4 is 5.91 Å². The van der Waals surface area contributed by atoms with E-state index in [-0.39, 0.29) is 0 Å². The van der Waals surface area contributed by atoms with Crippen LogP contribution in [0.25, 0.3) is 0 Å². The van der Waals surface area contributed by atoms with Crippen LogP contribution in [0.4, 0.5) is 0 Å². The van der Waals surface area contributed by atoms with Gasteiger partial charge < -0.3 is 25.7 Å². The first-order valence-corrected chi connectivity index (χ1v) is 25.2. The molecule has 0 aliphatic heterocycles. The van der Waals surface area contributed by atoms with Crippen molar-refractivity contribution in [2.24, 2.45) is 0 Å². The van der Waals surface area contributed by atoms with Crippen LogP contribution in [0.3, 0.4) is 0 Å². The highest BCUT2D eigenvalue weighted by atomic mass is 16.3. The van der Waals surface area contributed by atoms with E-state index in [0.717, 1.165) is 77.0 Å². The molecule has 0 saturated heterocycles. The number of carbonyl (C=O) groups is 1. The molecule has 0 saturated carbocycles. The van der Waals surface area contributed by atoms with Gasteiger partial charge in [-0.25, -0.2) is 0 Å². The van der Waals surface area contributed by atoms with Crippen LogP contribution in [0.5, 0.6) is 0 Å². The summed E-state index contributed by atoms with van der Waals surface area (Å²) >= 11 is 0. The van der Waals surface area contributed by atoms with Crippen LogP contribution >= 0.6 is 0 Å². The zero-order valence-corrected chi connectivity index (χ0v) is 38.7. The molecule has 4 unspecified atom stereocenters. The average Bonchev–Trinajstić information content (AvgIpc) is 3.24. The Morgan fingerprint density at radius 2 is 0.763 bits per heavy atom. The molecule has 0 heterocycles. The lowest BCUT2D eigenvalue weighted by Crippen LogP contribution is -2.53. The molecule has 6 heteroatoms. The Kier molecular flexibility index (Phi) is 45.5. The Hall–Kier alpha value is -1.99. The molecule has 0 aliphatic carbocycles. The Morgan fingerprint density at radius 3 is 1.20 bits per heavy atom. The number of amides is 1. The number of nitrogens with one attached hydrogen (secondary N) is 1. The number of unbranched alkanes of at least 4 members (excludes halogenated alkanes) is 27. The van der Waals surface area contributed by atoms with E-state index in [0.29, 0.717) is 19.3 Å². The predicted octanol–water partition coefficient (Wildman–Crippen LogP) is 14.0. The lowest BCUT2D eigenvalue weighted by molar-refractivity contribution is -0.132. The van der Waals surface area contributed by atoms with E-state index in [9.17, 15) is 25.2 Å². The smallest absolute Gasteiger partial charge is 0.249 e. The first kappa shape index (κ1) is 57.0. The minimum atomic E-state index is -1.30.